The first-order valence-electron chi connectivity index (χ1n) is 5.54. The molecule has 3 heteroatoms. The summed E-state index contributed by atoms with van der Waals surface area (Å²) in [7, 11) is 0. The van der Waals surface area contributed by atoms with Crippen LogP contribution in [-0.4, -0.2) is 11.2 Å². The van der Waals surface area contributed by atoms with E-state index >= 15 is 0 Å². The molecule has 0 unspecified atom stereocenters. The highest BCUT2D eigenvalue weighted by molar-refractivity contribution is 5.85. The molecule has 0 amide bonds. The van der Waals surface area contributed by atoms with Crippen LogP contribution in [0, 0.1) is 12.3 Å². The van der Waals surface area contributed by atoms with Gasteiger partial charge < -0.3 is 10.7 Å². The number of benzene rings is 1. The van der Waals surface area contributed by atoms with Gasteiger partial charge in [-0.3, -0.25) is 4.98 Å². The Morgan fingerprint density at radius 3 is 2.76 bits per heavy atom. The molecular weight excluding hydrogens is 210 g/mol. The third-order valence-corrected chi connectivity index (χ3v) is 2.55. The van der Waals surface area contributed by atoms with Crippen molar-refractivity contribution >= 4 is 11.9 Å². The van der Waals surface area contributed by atoms with E-state index in [1.807, 2.05) is 31.2 Å². The molecule has 0 fully saturated rings. The van der Waals surface area contributed by atoms with E-state index in [1.165, 1.54) is 11.8 Å². The van der Waals surface area contributed by atoms with Gasteiger partial charge in [-0.15, -0.1) is 0 Å². The van der Waals surface area contributed by atoms with Crippen molar-refractivity contribution < 1.29 is 0 Å². The highest BCUT2D eigenvalue weighted by Gasteiger charge is 2.01. The average molecular weight is 225 g/mol. The lowest BCUT2D eigenvalue weighted by molar-refractivity contribution is 1.12. The lowest BCUT2D eigenvalue weighted by Crippen LogP contribution is -2.03. The van der Waals surface area contributed by atoms with Crippen LogP contribution in [0.3, 0.4) is 0 Å². The Morgan fingerprint density at radius 2 is 2.06 bits per heavy atom. The van der Waals surface area contributed by atoms with Crippen LogP contribution in [0.15, 0.2) is 42.6 Å². The minimum Gasteiger partial charge on any atom is -0.380 e. The molecule has 17 heavy (non-hydrogen) atoms. The fourth-order valence-corrected chi connectivity index (χ4v) is 1.63. The third kappa shape index (κ3) is 2.91. The molecule has 1 aromatic heterocycles. The number of hydrogen-bond acceptors (Lipinski definition) is 3. The summed E-state index contributed by atoms with van der Waals surface area (Å²) in [6.07, 6.45) is 3.04. The van der Waals surface area contributed by atoms with Gasteiger partial charge in [0.2, 0.25) is 0 Å². The van der Waals surface area contributed by atoms with Gasteiger partial charge in [-0.1, -0.05) is 30.3 Å². The normalized spacial score (nSPS) is 9.94. The predicted molar refractivity (Wildman–Crippen MR) is 70.6 cm³/mol. The first kappa shape index (κ1) is 11.3. The summed E-state index contributed by atoms with van der Waals surface area (Å²) in [5.74, 6) is 0. The lowest BCUT2D eigenvalue weighted by atomic mass is 10.2. The zero-order valence-electron chi connectivity index (χ0n) is 9.77. The van der Waals surface area contributed by atoms with Gasteiger partial charge in [-0.05, 0) is 18.6 Å². The summed E-state index contributed by atoms with van der Waals surface area (Å²) in [5.41, 5.74) is 3.94. The van der Waals surface area contributed by atoms with Crippen molar-refractivity contribution in [1.29, 1.82) is 5.41 Å². The smallest absolute Gasteiger partial charge is 0.0465 e. The van der Waals surface area contributed by atoms with Crippen LogP contribution in [0.1, 0.15) is 16.8 Å². The molecule has 2 rings (SSSR count). The van der Waals surface area contributed by atoms with Crippen LogP contribution < -0.4 is 5.32 Å². The maximum Gasteiger partial charge on any atom is 0.0465 e. The van der Waals surface area contributed by atoms with E-state index in [-0.39, 0.29) is 0 Å². The maximum atomic E-state index is 7.33. The van der Waals surface area contributed by atoms with Gasteiger partial charge in [-0.25, -0.2) is 0 Å². The van der Waals surface area contributed by atoms with Crippen molar-refractivity contribution in [2.45, 2.75) is 13.5 Å². The third-order valence-electron chi connectivity index (χ3n) is 2.55. The van der Waals surface area contributed by atoms with E-state index in [1.54, 1.807) is 6.20 Å². The lowest BCUT2D eigenvalue weighted by Gasteiger charge is -2.09. The molecule has 0 saturated carbocycles. The maximum absolute atomic E-state index is 7.33. The second kappa shape index (κ2) is 5.25. The van der Waals surface area contributed by atoms with E-state index < -0.39 is 0 Å². The molecule has 1 heterocycles. The Bertz CT molecular complexity index is 506. The number of nitrogens with one attached hydrogen (secondary N) is 2. The van der Waals surface area contributed by atoms with Gasteiger partial charge in [0.15, 0.2) is 0 Å². The summed E-state index contributed by atoms with van der Waals surface area (Å²) >= 11 is 0. The standard InChI is InChI=1S/C14H15N3/c1-11-7-14(13(8-15)10-16-11)17-9-12-5-3-2-4-6-12/h2-8,10,15H,9H2,1H3,(H,16,17). The number of aryl methyl sites for hydroxylation is 1. The number of aromatic nitrogens is 1. The quantitative estimate of drug-likeness (QED) is 0.786. The minimum atomic E-state index is 0.755. The molecule has 2 N–H and O–H groups in total. The summed E-state index contributed by atoms with van der Waals surface area (Å²) in [6, 6.07) is 12.2. The molecule has 0 aliphatic carbocycles. The van der Waals surface area contributed by atoms with Crippen molar-refractivity contribution in [3.05, 3.63) is 59.4 Å². The summed E-state index contributed by atoms with van der Waals surface area (Å²) in [4.78, 5) is 4.17. The molecule has 0 atom stereocenters. The van der Waals surface area contributed by atoms with Crippen molar-refractivity contribution in [3.8, 4) is 0 Å². The van der Waals surface area contributed by atoms with Crippen molar-refractivity contribution in [3.63, 3.8) is 0 Å². The highest BCUT2D eigenvalue weighted by Crippen LogP contribution is 2.14. The van der Waals surface area contributed by atoms with E-state index in [0.29, 0.717) is 0 Å². The molecule has 0 spiro atoms. The Balaban J connectivity index is 2.13. The number of rotatable bonds is 4. The van der Waals surface area contributed by atoms with Crippen LogP contribution in [0.25, 0.3) is 0 Å². The monoisotopic (exact) mass is 225 g/mol. The van der Waals surface area contributed by atoms with Gasteiger partial charge in [0.25, 0.3) is 0 Å². The molecular formula is C14H15N3. The van der Waals surface area contributed by atoms with Crippen molar-refractivity contribution in [1.82, 2.24) is 4.98 Å². The second-order valence-corrected chi connectivity index (χ2v) is 3.90. The number of pyridine rings is 1. The molecule has 1 aromatic carbocycles. The predicted octanol–water partition coefficient (Wildman–Crippen LogP) is 3.00. The molecule has 0 bridgehead atoms. The van der Waals surface area contributed by atoms with E-state index in [2.05, 4.69) is 22.4 Å². The highest BCUT2D eigenvalue weighted by atomic mass is 14.9. The first-order chi connectivity index (χ1) is 8.29. The Hall–Kier alpha value is -2.16. The Kier molecular flexibility index (Phi) is 3.50. The molecule has 86 valence electrons. The largest absolute Gasteiger partial charge is 0.380 e. The fraction of sp³-hybridized carbons (Fsp3) is 0.143. The van der Waals surface area contributed by atoms with Crippen LogP contribution in [0.4, 0.5) is 5.69 Å². The average Bonchev–Trinajstić information content (AvgIpc) is 2.38. The summed E-state index contributed by atoms with van der Waals surface area (Å²) in [6.45, 7) is 2.70. The topological polar surface area (TPSA) is 48.8 Å². The zero-order chi connectivity index (χ0) is 12.1. The van der Waals surface area contributed by atoms with Crippen LogP contribution in [0.5, 0.6) is 0 Å². The van der Waals surface area contributed by atoms with Gasteiger partial charge in [0.05, 0.1) is 0 Å². The van der Waals surface area contributed by atoms with Crippen molar-refractivity contribution in [2.75, 3.05) is 5.32 Å². The first-order valence-corrected chi connectivity index (χ1v) is 5.54. The van der Waals surface area contributed by atoms with Gasteiger partial charge in [0.1, 0.15) is 0 Å². The molecule has 0 aliphatic heterocycles. The van der Waals surface area contributed by atoms with Crippen molar-refractivity contribution in [2.24, 2.45) is 0 Å². The Labute approximate surface area is 101 Å². The second-order valence-electron chi connectivity index (χ2n) is 3.90. The minimum absolute atomic E-state index is 0.755. The van der Waals surface area contributed by atoms with E-state index in [4.69, 9.17) is 5.41 Å². The molecule has 3 nitrogen and oxygen atoms in total. The number of nitrogens with zero attached hydrogens (tertiary/aromatic N) is 1. The van der Waals surface area contributed by atoms with E-state index in [0.717, 1.165) is 23.5 Å². The molecule has 0 radical (unpaired) electrons. The van der Waals surface area contributed by atoms with Crippen LogP contribution >= 0.6 is 0 Å². The number of anilines is 1. The molecule has 2 aromatic rings. The zero-order valence-corrected chi connectivity index (χ0v) is 9.77. The van der Waals surface area contributed by atoms with Crippen LogP contribution in [0.2, 0.25) is 0 Å². The Morgan fingerprint density at radius 1 is 1.29 bits per heavy atom. The fourth-order valence-electron chi connectivity index (χ4n) is 1.63. The van der Waals surface area contributed by atoms with Gasteiger partial charge in [-0.2, -0.15) is 0 Å². The molecule has 0 saturated heterocycles. The SMILES string of the molecule is Cc1cc(NCc2ccccc2)c(C=N)cn1. The summed E-state index contributed by atoms with van der Waals surface area (Å²) in [5, 5.41) is 10.7. The van der Waals surface area contributed by atoms with Gasteiger partial charge >= 0.3 is 0 Å². The number of hydrogen-bond donors (Lipinski definition) is 2. The molecule has 0 aliphatic rings. The van der Waals surface area contributed by atoms with E-state index in [9.17, 15) is 0 Å². The van der Waals surface area contributed by atoms with Crippen LogP contribution in [-0.2, 0) is 6.54 Å². The summed E-state index contributed by atoms with van der Waals surface area (Å²) < 4.78 is 0. The van der Waals surface area contributed by atoms with Gasteiger partial charge in [0, 0.05) is 35.9 Å².